The smallest absolute Gasteiger partial charge is 0.317 e. The zero-order chi connectivity index (χ0) is 13.4. The van der Waals surface area contributed by atoms with Crippen LogP contribution in [0.25, 0.3) is 0 Å². The van der Waals surface area contributed by atoms with Crippen molar-refractivity contribution in [3.8, 4) is 5.75 Å². The summed E-state index contributed by atoms with van der Waals surface area (Å²) in [7, 11) is 0. The molecule has 1 aromatic carbocycles. The average Bonchev–Trinajstić information content (AvgIpc) is 2.40. The van der Waals surface area contributed by atoms with Gasteiger partial charge in [-0.3, -0.25) is 4.79 Å². The fourth-order valence-electron chi connectivity index (χ4n) is 1.91. The summed E-state index contributed by atoms with van der Waals surface area (Å²) in [5, 5.41) is 0. The fraction of sp³-hybridized carbons (Fsp3) is 0.562. The molecule has 0 heterocycles. The molecule has 0 spiro atoms. The van der Waals surface area contributed by atoms with E-state index >= 15 is 0 Å². The number of esters is 1. The normalized spacial score (nSPS) is 13.9. The molecule has 1 rings (SSSR count). The van der Waals surface area contributed by atoms with Crippen LogP contribution in [0, 0.1) is 5.41 Å². The van der Waals surface area contributed by atoms with E-state index in [0.717, 1.165) is 19.3 Å². The molecule has 1 atom stereocenters. The Labute approximate surface area is 110 Å². The summed E-state index contributed by atoms with van der Waals surface area (Å²) in [5.41, 5.74) is -0.356. The van der Waals surface area contributed by atoms with Gasteiger partial charge in [-0.2, -0.15) is 0 Å². The van der Waals surface area contributed by atoms with E-state index in [2.05, 4.69) is 13.8 Å². The second-order valence-corrected chi connectivity index (χ2v) is 5.07. The number of carbonyl (C=O) groups is 1. The fourth-order valence-corrected chi connectivity index (χ4v) is 1.91. The minimum atomic E-state index is -0.356. The Hall–Kier alpha value is -1.31. The van der Waals surface area contributed by atoms with E-state index < -0.39 is 0 Å². The molecule has 0 saturated heterocycles. The molecule has 1 unspecified atom stereocenters. The van der Waals surface area contributed by atoms with E-state index in [-0.39, 0.29) is 11.4 Å². The van der Waals surface area contributed by atoms with Crippen LogP contribution in [0.4, 0.5) is 0 Å². The molecule has 2 nitrogen and oxygen atoms in total. The molecule has 0 saturated carbocycles. The van der Waals surface area contributed by atoms with E-state index in [4.69, 9.17) is 4.74 Å². The largest absolute Gasteiger partial charge is 0.426 e. The van der Waals surface area contributed by atoms with Gasteiger partial charge in [-0.1, -0.05) is 51.3 Å². The van der Waals surface area contributed by atoms with Gasteiger partial charge in [-0.15, -0.1) is 0 Å². The molecule has 18 heavy (non-hydrogen) atoms. The maximum Gasteiger partial charge on any atom is 0.317 e. The van der Waals surface area contributed by atoms with Crippen LogP contribution in [0.1, 0.15) is 52.9 Å². The van der Waals surface area contributed by atoms with E-state index in [9.17, 15) is 4.79 Å². The number of unbranched alkanes of at least 4 members (excludes halogenated alkanes) is 2. The molecular weight excluding hydrogens is 224 g/mol. The summed E-state index contributed by atoms with van der Waals surface area (Å²) in [6.07, 6.45) is 5.16. The first kappa shape index (κ1) is 14.7. The number of para-hydroxylation sites is 1. The molecule has 0 N–H and O–H groups in total. The summed E-state index contributed by atoms with van der Waals surface area (Å²) in [6.45, 7) is 6.23. The molecule has 0 radical (unpaired) electrons. The van der Waals surface area contributed by atoms with Gasteiger partial charge in [0, 0.05) is 0 Å². The van der Waals surface area contributed by atoms with Gasteiger partial charge in [0.05, 0.1) is 5.41 Å². The lowest BCUT2D eigenvalue weighted by molar-refractivity contribution is -0.145. The Morgan fingerprint density at radius 1 is 1.17 bits per heavy atom. The Kier molecular flexibility index (Phi) is 5.90. The maximum atomic E-state index is 12.2. The molecule has 0 aliphatic rings. The van der Waals surface area contributed by atoms with Crippen molar-refractivity contribution in [3.05, 3.63) is 30.3 Å². The second kappa shape index (κ2) is 7.20. The van der Waals surface area contributed by atoms with Crippen LogP contribution in [0.3, 0.4) is 0 Å². The second-order valence-electron chi connectivity index (χ2n) is 5.07. The first-order valence-corrected chi connectivity index (χ1v) is 6.89. The lowest BCUT2D eigenvalue weighted by atomic mass is 9.82. The molecule has 0 aliphatic carbocycles. The molecule has 0 aliphatic heterocycles. The highest BCUT2D eigenvalue weighted by Crippen LogP contribution is 2.30. The number of rotatable bonds is 7. The SMILES string of the molecule is CCCCCC(C)(CC)C(=O)Oc1ccccc1. The van der Waals surface area contributed by atoms with Gasteiger partial charge in [-0.05, 0) is 31.9 Å². The zero-order valence-electron chi connectivity index (χ0n) is 11.7. The zero-order valence-corrected chi connectivity index (χ0v) is 11.7. The van der Waals surface area contributed by atoms with Crippen molar-refractivity contribution < 1.29 is 9.53 Å². The maximum absolute atomic E-state index is 12.2. The third kappa shape index (κ3) is 4.17. The average molecular weight is 248 g/mol. The van der Waals surface area contributed by atoms with Gasteiger partial charge in [0.25, 0.3) is 0 Å². The topological polar surface area (TPSA) is 26.3 Å². The lowest BCUT2D eigenvalue weighted by Gasteiger charge is -2.25. The van der Waals surface area contributed by atoms with Crippen LogP contribution in [0.2, 0.25) is 0 Å². The van der Waals surface area contributed by atoms with Gasteiger partial charge in [0.2, 0.25) is 0 Å². The third-order valence-corrected chi connectivity index (χ3v) is 3.56. The van der Waals surface area contributed by atoms with Gasteiger partial charge in [0.15, 0.2) is 0 Å². The van der Waals surface area contributed by atoms with Crippen molar-refractivity contribution >= 4 is 5.97 Å². The van der Waals surface area contributed by atoms with E-state index in [1.54, 1.807) is 0 Å². The van der Waals surface area contributed by atoms with Crippen LogP contribution in [0.15, 0.2) is 30.3 Å². The predicted molar refractivity (Wildman–Crippen MR) is 74.6 cm³/mol. The van der Waals surface area contributed by atoms with E-state index in [1.807, 2.05) is 37.3 Å². The summed E-state index contributed by atoms with van der Waals surface area (Å²) < 4.78 is 5.46. The number of hydrogen-bond acceptors (Lipinski definition) is 2. The first-order valence-electron chi connectivity index (χ1n) is 6.89. The monoisotopic (exact) mass is 248 g/mol. The molecule has 0 aromatic heterocycles. The number of carbonyl (C=O) groups excluding carboxylic acids is 1. The number of ether oxygens (including phenoxy) is 1. The number of benzene rings is 1. The minimum absolute atomic E-state index is 0.104. The van der Waals surface area contributed by atoms with Crippen molar-refractivity contribution in [1.82, 2.24) is 0 Å². The summed E-state index contributed by atoms with van der Waals surface area (Å²) in [4.78, 5) is 12.2. The highest BCUT2D eigenvalue weighted by atomic mass is 16.5. The van der Waals surface area contributed by atoms with Gasteiger partial charge >= 0.3 is 5.97 Å². The molecule has 100 valence electrons. The molecule has 1 aromatic rings. The van der Waals surface area contributed by atoms with Gasteiger partial charge in [0.1, 0.15) is 5.75 Å². The summed E-state index contributed by atoms with van der Waals surface area (Å²) in [6, 6.07) is 9.31. The molecule has 0 amide bonds. The highest BCUT2D eigenvalue weighted by molar-refractivity contribution is 5.78. The molecule has 0 bridgehead atoms. The van der Waals surface area contributed by atoms with Crippen LogP contribution in [0.5, 0.6) is 5.75 Å². The van der Waals surface area contributed by atoms with Crippen molar-refractivity contribution in [3.63, 3.8) is 0 Å². The molecule has 0 fully saturated rings. The first-order chi connectivity index (χ1) is 8.62. The van der Waals surface area contributed by atoms with Crippen LogP contribution in [-0.2, 0) is 4.79 Å². The standard InChI is InChI=1S/C16H24O2/c1-4-6-10-13-16(3,5-2)15(17)18-14-11-8-7-9-12-14/h7-9,11-12H,4-6,10,13H2,1-3H3. The van der Waals surface area contributed by atoms with E-state index in [1.165, 1.54) is 12.8 Å². The highest BCUT2D eigenvalue weighted by Gasteiger charge is 2.32. The predicted octanol–water partition coefficient (Wildman–Crippen LogP) is 4.59. The van der Waals surface area contributed by atoms with Crippen molar-refractivity contribution in [2.75, 3.05) is 0 Å². The van der Waals surface area contributed by atoms with Crippen LogP contribution >= 0.6 is 0 Å². The third-order valence-electron chi connectivity index (χ3n) is 3.56. The summed E-state index contributed by atoms with van der Waals surface area (Å²) >= 11 is 0. The van der Waals surface area contributed by atoms with Crippen LogP contribution < -0.4 is 4.74 Å². The Morgan fingerprint density at radius 3 is 2.39 bits per heavy atom. The lowest BCUT2D eigenvalue weighted by Crippen LogP contribution is -2.31. The van der Waals surface area contributed by atoms with Crippen LogP contribution in [-0.4, -0.2) is 5.97 Å². The van der Waals surface area contributed by atoms with Gasteiger partial charge in [-0.25, -0.2) is 0 Å². The number of hydrogen-bond donors (Lipinski definition) is 0. The van der Waals surface area contributed by atoms with Crippen molar-refractivity contribution in [2.24, 2.45) is 5.41 Å². The summed E-state index contributed by atoms with van der Waals surface area (Å²) in [5.74, 6) is 0.532. The van der Waals surface area contributed by atoms with Crippen molar-refractivity contribution in [1.29, 1.82) is 0 Å². The molecular formula is C16H24O2. The Balaban J connectivity index is 2.61. The quantitative estimate of drug-likeness (QED) is 0.401. The van der Waals surface area contributed by atoms with E-state index in [0.29, 0.717) is 5.75 Å². The molecule has 2 heteroatoms. The Bertz CT molecular complexity index is 359. The Morgan fingerprint density at radius 2 is 1.83 bits per heavy atom. The van der Waals surface area contributed by atoms with Crippen molar-refractivity contribution in [2.45, 2.75) is 52.9 Å². The minimum Gasteiger partial charge on any atom is -0.426 e. The van der Waals surface area contributed by atoms with Gasteiger partial charge < -0.3 is 4.74 Å².